The lowest BCUT2D eigenvalue weighted by Gasteiger charge is -2.36. The molecule has 1 saturated carbocycles. The lowest BCUT2D eigenvalue weighted by Crippen LogP contribution is -2.49. The second-order valence-corrected chi connectivity index (χ2v) is 14.2. The van der Waals surface area contributed by atoms with Gasteiger partial charge >= 0.3 is 5.97 Å². The number of methoxy groups -OCH3 is 1. The van der Waals surface area contributed by atoms with Crippen molar-refractivity contribution < 1.29 is 19.4 Å². The number of rotatable bonds is 7. The summed E-state index contributed by atoms with van der Waals surface area (Å²) in [5, 5.41) is 14.6. The van der Waals surface area contributed by atoms with Gasteiger partial charge in [-0.05, 0) is 53.4 Å². The molecule has 1 aliphatic heterocycles. The zero-order valence-electron chi connectivity index (χ0n) is 26.3. The van der Waals surface area contributed by atoms with E-state index < -0.39 is 18.1 Å². The highest BCUT2D eigenvalue weighted by Crippen LogP contribution is 2.50. The van der Waals surface area contributed by atoms with E-state index in [1.807, 2.05) is 18.2 Å². The summed E-state index contributed by atoms with van der Waals surface area (Å²) in [6, 6.07) is 12.9. The SMILES string of the molecule is COc1ccc(C(C)(C)C)cc1CN[C@H]1[C@H](C(C)(C)C)[C@@H](C(=O)O)N(C(=O)C2CCCCC2)[C@H]1c1ccccc1C. The maximum absolute atomic E-state index is 14.4. The lowest BCUT2D eigenvalue weighted by atomic mass is 9.72. The van der Waals surface area contributed by atoms with Gasteiger partial charge in [-0.2, -0.15) is 0 Å². The minimum absolute atomic E-state index is 0.00351. The van der Waals surface area contributed by atoms with E-state index in [1.165, 1.54) is 5.56 Å². The first-order chi connectivity index (χ1) is 19.3. The number of carbonyl (C=O) groups excluding carboxylic acids is 1. The third-order valence-electron chi connectivity index (χ3n) is 9.31. The highest BCUT2D eigenvalue weighted by Gasteiger charge is 2.58. The summed E-state index contributed by atoms with van der Waals surface area (Å²) in [6.45, 7) is 15.5. The molecule has 1 amide bonds. The van der Waals surface area contributed by atoms with Gasteiger partial charge in [0.1, 0.15) is 11.8 Å². The summed E-state index contributed by atoms with van der Waals surface area (Å²) in [5.41, 5.74) is 3.92. The zero-order valence-corrected chi connectivity index (χ0v) is 26.3. The highest BCUT2D eigenvalue weighted by atomic mass is 16.5. The van der Waals surface area contributed by atoms with E-state index in [0.29, 0.717) is 6.54 Å². The number of carbonyl (C=O) groups is 2. The van der Waals surface area contributed by atoms with Gasteiger partial charge in [0.2, 0.25) is 5.91 Å². The van der Waals surface area contributed by atoms with Crippen molar-refractivity contribution >= 4 is 11.9 Å². The molecule has 1 heterocycles. The fourth-order valence-electron chi connectivity index (χ4n) is 7.14. The van der Waals surface area contributed by atoms with E-state index in [4.69, 9.17) is 4.74 Å². The second-order valence-electron chi connectivity index (χ2n) is 14.2. The molecule has 41 heavy (non-hydrogen) atoms. The molecule has 2 aliphatic rings. The largest absolute Gasteiger partial charge is 0.496 e. The number of amides is 1. The van der Waals surface area contributed by atoms with Gasteiger partial charge in [0.05, 0.1) is 13.2 Å². The Morgan fingerprint density at radius 1 is 1.00 bits per heavy atom. The molecule has 224 valence electrons. The van der Waals surface area contributed by atoms with Crippen LogP contribution in [-0.2, 0) is 21.5 Å². The van der Waals surface area contributed by atoms with Crippen LogP contribution in [0.5, 0.6) is 5.75 Å². The molecule has 4 atom stereocenters. The number of carboxylic acid groups (broad SMARTS) is 1. The summed E-state index contributed by atoms with van der Waals surface area (Å²) < 4.78 is 5.75. The number of aryl methyl sites for hydroxylation is 1. The fourth-order valence-corrected chi connectivity index (χ4v) is 7.14. The van der Waals surface area contributed by atoms with Gasteiger partial charge in [-0.25, -0.2) is 4.79 Å². The molecule has 6 nitrogen and oxygen atoms in total. The summed E-state index contributed by atoms with van der Waals surface area (Å²) >= 11 is 0. The molecule has 2 aromatic carbocycles. The average molecular weight is 563 g/mol. The summed E-state index contributed by atoms with van der Waals surface area (Å²) in [6.07, 6.45) is 4.84. The van der Waals surface area contributed by atoms with E-state index in [-0.39, 0.29) is 34.6 Å². The Hall–Kier alpha value is -2.86. The van der Waals surface area contributed by atoms with Crippen molar-refractivity contribution in [2.45, 2.75) is 111 Å². The molecule has 0 radical (unpaired) electrons. The van der Waals surface area contributed by atoms with Crippen molar-refractivity contribution in [2.75, 3.05) is 7.11 Å². The van der Waals surface area contributed by atoms with E-state index in [1.54, 1.807) is 12.0 Å². The standard InChI is InChI=1S/C35H50N2O4/c1-22-14-12-13-17-26(22)30-29(36-21-24-20-25(34(2,3)4)18-19-27(24)41-8)28(35(5,6)7)31(33(39)40)37(30)32(38)23-15-10-9-11-16-23/h12-14,17-20,23,28-31,36H,9-11,15-16,21H2,1-8H3,(H,39,40)/t28-,29-,30-,31-/m0/s1. The smallest absolute Gasteiger partial charge is 0.326 e. The van der Waals surface area contributed by atoms with E-state index in [9.17, 15) is 14.7 Å². The van der Waals surface area contributed by atoms with Crippen LogP contribution < -0.4 is 10.1 Å². The second kappa shape index (κ2) is 12.2. The molecule has 2 fully saturated rings. The van der Waals surface area contributed by atoms with Gasteiger partial charge in [0.25, 0.3) is 0 Å². The third-order valence-corrected chi connectivity index (χ3v) is 9.31. The van der Waals surface area contributed by atoms with E-state index >= 15 is 0 Å². The van der Waals surface area contributed by atoms with Crippen LogP contribution >= 0.6 is 0 Å². The molecule has 1 saturated heterocycles. The molecule has 1 aliphatic carbocycles. The first-order valence-corrected chi connectivity index (χ1v) is 15.3. The van der Waals surface area contributed by atoms with Crippen LogP contribution in [0.2, 0.25) is 0 Å². The first kappa shape index (κ1) is 31.1. The molecular formula is C35H50N2O4. The molecule has 0 unspecified atom stereocenters. The molecular weight excluding hydrogens is 512 g/mol. The van der Waals surface area contributed by atoms with Crippen LogP contribution in [0.4, 0.5) is 0 Å². The monoisotopic (exact) mass is 562 g/mol. The minimum atomic E-state index is -0.927. The Morgan fingerprint density at radius 2 is 1.66 bits per heavy atom. The summed E-state index contributed by atoms with van der Waals surface area (Å²) in [5.74, 6) is -0.567. The predicted molar refractivity (Wildman–Crippen MR) is 164 cm³/mol. The van der Waals surface area contributed by atoms with Gasteiger partial charge in [-0.1, -0.05) is 97.2 Å². The number of carboxylic acids is 1. The number of likely N-dealkylation sites (tertiary alicyclic amines) is 1. The van der Waals surface area contributed by atoms with Crippen LogP contribution in [0, 0.1) is 24.2 Å². The number of aliphatic carboxylic acids is 1. The van der Waals surface area contributed by atoms with E-state index in [2.05, 4.69) is 78.0 Å². The predicted octanol–water partition coefficient (Wildman–Crippen LogP) is 7.04. The Bertz CT molecular complexity index is 1240. The van der Waals surface area contributed by atoms with Crippen LogP contribution in [0.1, 0.15) is 102 Å². The third kappa shape index (κ3) is 6.48. The van der Waals surface area contributed by atoms with Gasteiger partial charge in [-0.3, -0.25) is 4.79 Å². The lowest BCUT2D eigenvalue weighted by molar-refractivity contribution is -0.154. The first-order valence-electron chi connectivity index (χ1n) is 15.3. The highest BCUT2D eigenvalue weighted by molar-refractivity contribution is 5.87. The molecule has 6 heteroatoms. The average Bonchev–Trinajstić information content (AvgIpc) is 3.27. The Balaban J connectivity index is 1.84. The molecule has 0 bridgehead atoms. The van der Waals surface area contributed by atoms with Gasteiger partial charge in [0, 0.05) is 30.0 Å². The maximum Gasteiger partial charge on any atom is 0.326 e. The molecule has 2 N–H and O–H groups in total. The number of nitrogens with one attached hydrogen (secondary N) is 1. The number of benzene rings is 2. The Morgan fingerprint density at radius 3 is 2.22 bits per heavy atom. The van der Waals surface area contributed by atoms with Crippen molar-refractivity contribution in [1.29, 1.82) is 0 Å². The van der Waals surface area contributed by atoms with Crippen LogP contribution in [0.15, 0.2) is 42.5 Å². The quantitative estimate of drug-likeness (QED) is 0.378. The van der Waals surface area contributed by atoms with Crippen molar-refractivity contribution in [3.05, 3.63) is 64.7 Å². The molecule has 4 rings (SSSR count). The van der Waals surface area contributed by atoms with Crippen LogP contribution in [0.3, 0.4) is 0 Å². The van der Waals surface area contributed by atoms with E-state index in [0.717, 1.165) is 54.5 Å². The van der Waals surface area contributed by atoms with Gasteiger partial charge in [0.15, 0.2) is 0 Å². The summed E-state index contributed by atoms with van der Waals surface area (Å²) in [7, 11) is 1.68. The van der Waals surface area contributed by atoms with Crippen LogP contribution in [0.25, 0.3) is 0 Å². The maximum atomic E-state index is 14.4. The van der Waals surface area contributed by atoms with Crippen molar-refractivity contribution in [3.63, 3.8) is 0 Å². The minimum Gasteiger partial charge on any atom is -0.496 e. The normalized spacial score (nSPS) is 24.0. The van der Waals surface area contributed by atoms with Crippen molar-refractivity contribution in [2.24, 2.45) is 17.3 Å². The zero-order chi connectivity index (χ0) is 30.1. The fraction of sp³-hybridized carbons (Fsp3) is 0.600. The van der Waals surface area contributed by atoms with Crippen LogP contribution in [-0.4, -0.2) is 41.1 Å². The Kier molecular flexibility index (Phi) is 9.22. The molecule has 0 aromatic heterocycles. The van der Waals surface area contributed by atoms with Gasteiger partial charge < -0.3 is 20.1 Å². The molecule has 0 spiro atoms. The number of hydrogen-bond donors (Lipinski definition) is 2. The summed E-state index contributed by atoms with van der Waals surface area (Å²) in [4.78, 5) is 29.3. The number of hydrogen-bond acceptors (Lipinski definition) is 4. The van der Waals surface area contributed by atoms with Crippen molar-refractivity contribution in [3.8, 4) is 5.75 Å². The van der Waals surface area contributed by atoms with Gasteiger partial charge in [-0.15, -0.1) is 0 Å². The number of ether oxygens (including phenoxy) is 1. The van der Waals surface area contributed by atoms with Crippen molar-refractivity contribution in [1.82, 2.24) is 10.2 Å². The number of nitrogens with zero attached hydrogens (tertiary/aromatic N) is 1. The Labute approximate surface area is 246 Å². The molecule has 2 aromatic rings. The topological polar surface area (TPSA) is 78.9 Å².